The summed E-state index contributed by atoms with van der Waals surface area (Å²) < 4.78 is 0. The number of nitrogens with one attached hydrogen (secondary N) is 2. The lowest BCUT2D eigenvalue weighted by molar-refractivity contribution is 0.118. The maximum Gasteiger partial charge on any atom is 0.317 e. The molecule has 1 atom stereocenters. The van der Waals surface area contributed by atoms with Gasteiger partial charge in [0.25, 0.3) is 0 Å². The van der Waals surface area contributed by atoms with E-state index in [2.05, 4.69) is 15.6 Å². The van der Waals surface area contributed by atoms with Gasteiger partial charge in [-0.15, -0.1) is 0 Å². The summed E-state index contributed by atoms with van der Waals surface area (Å²) in [5, 5.41) is 6.48. The van der Waals surface area contributed by atoms with Crippen molar-refractivity contribution in [1.29, 1.82) is 0 Å². The highest BCUT2D eigenvalue weighted by atomic mass is 16.2. The van der Waals surface area contributed by atoms with Crippen LogP contribution in [0.2, 0.25) is 0 Å². The molecule has 114 valence electrons. The van der Waals surface area contributed by atoms with E-state index >= 15 is 0 Å². The summed E-state index contributed by atoms with van der Waals surface area (Å²) in [6, 6.07) is 4.03. The van der Waals surface area contributed by atoms with Gasteiger partial charge in [0.05, 0.1) is 0 Å². The summed E-state index contributed by atoms with van der Waals surface area (Å²) in [6.07, 6.45) is 5.34. The van der Waals surface area contributed by atoms with E-state index in [1.165, 1.54) is 12.8 Å². The van der Waals surface area contributed by atoms with E-state index in [1.807, 2.05) is 24.0 Å². The van der Waals surface area contributed by atoms with Gasteiger partial charge in [-0.25, -0.2) is 4.79 Å². The van der Waals surface area contributed by atoms with Gasteiger partial charge < -0.3 is 15.5 Å². The summed E-state index contributed by atoms with van der Waals surface area (Å²) in [6.45, 7) is 6.45. The van der Waals surface area contributed by atoms with Gasteiger partial charge >= 0.3 is 6.03 Å². The van der Waals surface area contributed by atoms with Crippen LogP contribution >= 0.6 is 0 Å². The second-order valence-corrected chi connectivity index (χ2v) is 6.42. The smallest absolute Gasteiger partial charge is 0.317 e. The standard InChI is InChI=1S/C16H24N4O/c1-13-9-14(3-6-18-13)10-19-15(21)20-8-2-4-16(12-20)5-7-17-11-16/h3,6,9,17H,2,4-5,7-8,10-12H2,1H3,(H,19,21). The molecule has 2 aliphatic heterocycles. The van der Waals surface area contributed by atoms with E-state index in [1.54, 1.807) is 6.20 Å². The summed E-state index contributed by atoms with van der Waals surface area (Å²) in [7, 11) is 0. The predicted molar refractivity (Wildman–Crippen MR) is 81.9 cm³/mol. The monoisotopic (exact) mass is 288 g/mol. The Bertz CT molecular complexity index is 511. The summed E-state index contributed by atoms with van der Waals surface area (Å²) in [4.78, 5) is 18.5. The van der Waals surface area contributed by atoms with Crippen molar-refractivity contribution in [2.45, 2.75) is 32.7 Å². The molecule has 21 heavy (non-hydrogen) atoms. The number of nitrogens with zero attached hydrogens (tertiary/aromatic N) is 2. The highest BCUT2D eigenvalue weighted by molar-refractivity contribution is 5.74. The van der Waals surface area contributed by atoms with Crippen molar-refractivity contribution in [1.82, 2.24) is 20.5 Å². The maximum atomic E-state index is 12.4. The number of amides is 2. The molecule has 0 aromatic carbocycles. The fourth-order valence-corrected chi connectivity index (χ4v) is 3.53. The molecule has 0 radical (unpaired) electrons. The van der Waals surface area contributed by atoms with Crippen LogP contribution in [0.1, 0.15) is 30.5 Å². The third-order valence-electron chi connectivity index (χ3n) is 4.69. The molecular formula is C16H24N4O. The van der Waals surface area contributed by atoms with Crippen molar-refractivity contribution in [3.63, 3.8) is 0 Å². The first-order valence-corrected chi connectivity index (χ1v) is 7.82. The Morgan fingerprint density at radius 2 is 2.43 bits per heavy atom. The van der Waals surface area contributed by atoms with E-state index in [0.717, 1.165) is 43.9 Å². The molecule has 5 nitrogen and oxygen atoms in total. The van der Waals surface area contributed by atoms with Crippen LogP contribution in [0, 0.1) is 12.3 Å². The molecule has 2 amide bonds. The zero-order valence-electron chi connectivity index (χ0n) is 12.7. The van der Waals surface area contributed by atoms with Crippen molar-refractivity contribution < 1.29 is 4.79 Å². The van der Waals surface area contributed by atoms with Gasteiger partial charge in [0.2, 0.25) is 0 Å². The topological polar surface area (TPSA) is 57.3 Å². The van der Waals surface area contributed by atoms with Gasteiger partial charge in [0.1, 0.15) is 0 Å². The highest BCUT2D eigenvalue weighted by Crippen LogP contribution is 2.35. The molecular weight excluding hydrogens is 264 g/mol. The molecule has 0 bridgehead atoms. The first-order chi connectivity index (χ1) is 10.2. The summed E-state index contributed by atoms with van der Waals surface area (Å²) in [5.41, 5.74) is 2.41. The Morgan fingerprint density at radius 3 is 3.19 bits per heavy atom. The summed E-state index contributed by atoms with van der Waals surface area (Å²) in [5.74, 6) is 0. The largest absolute Gasteiger partial charge is 0.334 e. The number of aromatic nitrogens is 1. The van der Waals surface area contributed by atoms with E-state index in [-0.39, 0.29) is 6.03 Å². The first kappa shape index (κ1) is 14.3. The van der Waals surface area contributed by atoms with E-state index in [9.17, 15) is 4.79 Å². The average molecular weight is 288 g/mol. The SMILES string of the molecule is Cc1cc(CNC(=O)N2CCCC3(CCNC3)C2)ccn1. The van der Waals surface area contributed by atoms with Gasteiger partial charge in [0, 0.05) is 43.5 Å². The van der Waals surface area contributed by atoms with Gasteiger partial charge in [-0.05, 0) is 50.4 Å². The molecule has 2 aliphatic rings. The Hall–Kier alpha value is -1.62. The lowest BCUT2D eigenvalue weighted by Gasteiger charge is -2.39. The van der Waals surface area contributed by atoms with Crippen LogP contribution in [-0.4, -0.2) is 42.1 Å². The van der Waals surface area contributed by atoms with Crippen LogP contribution in [0.3, 0.4) is 0 Å². The Kier molecular flexibility index (Phi) is 4.10. The second-order valence-electron chi connectivity index (χ2n) is 6.42. The number of pyridine rings is 1. The Morgan fingerprint density at radius 1 is 1.52 bits per heavy atom. The normalized spacial score (nSPS) is 25.3. The molecule has 1 aromatic rings. The van der Waals surface area contributed by atoms with Gasteiger partial charge in [-0.1, -0.05) is 0 Å². The number of hydrogen-bond donors (Lipinski definition) is 2. The number of urea groups is 1. The van der Waals surface area contributed by atoms with Gasteiger partial charge in [-0.3, -0.25) is 4.98 Å². The van der Waals surface area contributed by atoms with Crippen LogP contribution in [0.15, 0.2) is 18.3 Å². The quantitative estimate of drug-likeness (QED) is 0.870. The van der Waals surface area contributed by atoms with Crippen molar-refractivity contribution in [3.8, 4) is 0 Å². The van der Waals surface area contributed by atoms with Crippen LogP contribution in [0.4, 0.5) is 4.79 Å². The minimum Gasteiger partial charge on any atom is -0.334 e. The molecule has 1 spiro atoms. The van der Waals surface area contributed by atoms with Crippen LogP contribution in [-0.2, 0) is 6.54 Å². The molecule has 2 N–H and O–H groups in total. The number of hydrogen-bond acceptors (Lipinski definition) is 3. The molecule has 5 heteroatoms. The molecule has 3 heterocycles. The number of carbonyl (C=O) groups excluding carboxylic acids is 1. The van der Waals surface area contributed by atoms with Crippen LogP contribution < -0.4 is 10.6 Å². The first-order valence-electron chi connectivity index (χ1n) is 7.82. The minimum absolute atomic E-state index is 0.0652. The zero-order valence-corrected chi connectivity index (χ0v) is 12.7. The number of aryl methyl sites for hydroxylation is 1. The fraction of sp³-hybridized carbons (Fsp3) is 0.625. The average Bonchev–Trinajstić information content (AvgIpc) is 2.93. The fourth-order valence-electron chi connectivity index (χ4n) is 3.53. The van der Waals surface area contributed by atoms with Crippen LogP contribution in [0.5, 0.6) is 0 Å². The van der Waals surface area contributed by atoms with Crippen molar-refractivity contribution in [2.24, 2.45) is 5.41 Å². The van der Waals surface area contributed by atoms with E-state index in [0.29, 0.717) is 12.0 Å². The number of carbonyl (C=O) groups is 1. The van der Waals surface area contributed by atoms with Crippen molar-refractivity contribution in [3.05, 3.63) is 29.6 Å². The molecule has 0 saturated carbocycles. The lowest BCUT2D eigenvalue weighted by Crippen LogP contribution is -2.50. The zero-order chi connectivity index (χ0) is 14.7. The second kappa shape index (κ2) is 6.02. The summed E-state index contributed by atoms with van der Waals surface area (Å²) >= 11 is 0. The molecule has 2 saturated heterocycles. The highest BCUT2D eigenvalue weighted by Gasteiger charge is 2.39. The van der Waals surface area contributed by atoms with Crippen LogP contribution in [0.25, 0.3) is 0 Å². The molecule has 1 unspecified atom stereocenters. The maximum absolute atomic E-state index is 12.4. The third kappa shape index (κ3) is 3.35. The number of piperidine rings is 1. The predicted octanol–water partition coefficient (Wildman–Crippen LogP) is 1.68. The number of likely N-dealkylation sites (tertiary alicyclic amines) is 1. The van der Waals surface area contributed by atoms with Crippen molar-refractivity contribution in [2.75, 3.05) is 26.2 Å². The molecule has 1 aromatic heterocycles. The Balaban J connectivity index is 1.55. The van der Waals surface area contributed by atoms with Gasteiger partial charge in [-0.2, -0.15) is 0 Å². The van der Waals surface area contributed by atoms with Crippen molar-refractivity contribution >= 4 is 6.03 Å². The number of rotatable bonds is 2. The van der Waals surface area contributed by atoms with Gasteiger partial charge in [0.15, 0.2) is 0 Å². The minimum atomic E-state index is 0.0652. The van der Waals surface area contributed by atoms with E-state index < -0.39 is 0 Å². The Labute approximate surface area is 126 Å². The molecule has 0 aliphatic carbocycles. The van der Waals surface area contributed by atoms with E-state index in [4.69, 9.17) is 0 Å². The third-order valence-corrected chi connectivity index (χ3v) is 4.69. The lowest BCUT2D eigenvalue weighted by atomic mass is 9.79. The molecule has 2 fully saturated rings. The molecule has 3 rings (SSSR count).